The number of hydrogen-bond donors (Lipinski definition) is 1. The maximum absolute atomic E-state index is 13.6. The fourth-order valence-electron chi connectivity index (χ4n) is 4.72. The first-order valence-corrected chi connectivity index (χ1v) is 12.6. The molecule has 198 valence electrons. The highest BCUT2D eigenvalue weighted by Gasteiger charge is 2.22. The van der Waals surface area contributed by atoms with E-state index in [1.807, 2.05) is 87.5 Å². The smallest absolute Gasteiger partial charge is 0.295 e. The number of anilines is 1. The fourth-order valence-corrected chi connectivity index (χ4v) is 4.72. The molecule has 0 spiro atoms. The molecule has 0 fully saturated rings. The van der Waals surface area contributed by atoms with E-state index in [-0.39, 0.29) is 28.2 Å². The highest BCUT2D eigenvalue weighted by Crippen LogP contribution is 2.32. The first-order valence-electron chi connectivity index (χ1n) is 12.6. The van der Waals surface area contributed by atoms with Crippen molar-refractivity contribution in [3.8, 4) is 22.8 Å². The van der Waals surface area contributed by atoms with Crippen LogP contribution in [0, 0.1) is 27.7 Å². The van der Waals surface area contributed by atoms with Crippen LogP contribution < -0.4 is 21.0 Å². The first-order chi connectivity index (χ1) is 18.7. The van der Waals surface area contributed by atoms with Crippen LogP contribution in [-0.2, 0) is 11.8 Å². The predicted molar refractivity (Wildman–Crippen MR) is 152 cm³/mol. The quantitative estimate of drug-likeness (QED) is 0.330. The number of aromatic nitrogens is 2. The summed E-state index contributed by atoms with van der Waals surface area (Å²) in [7, 11) is 1.74. The Morgan fingerprint density at radius 3 is 2.31 bits per heavy atom. The van der Waals surface area contributed by atoms with Crippen LogP contribution in [0.15, 0.2) is 80.7 Å². The number of nitrogens with zero attached hydrogens (tertiary/aromatic N) is 2. The number of para-hydroxylation sites is 1. The van der Waals surface area contributed by atoms with Gasteiger partial charge in [-0.05, 0) is 57.0 Å². The Morgan fingerprint density at radius 2 is 1.62 bits per heavy atom. The van der Waals surface area contributed by atoms with Crippen molar-refractivity contribution < 1.29 is 13.9 Å². The zero-order chi connectivity index (χ0) is 27.8. The van der Waals surface area contributed by atoms with Gasteiger partial charge in [0.2, 0.25) is 11.2 Å². The van der Waals surface area contributed by atoms with E-state index in [1.54, 1.807) is 18.7 Å². The van der Waals surface area contributed by atoms with Gasteiger partial charge in [0.05, 0.1) is 16.8 Å². The number of nitrogens with one attached hydrogen (secondary N) is 1. The molecule has 5 aromatic rings. The van der Waals surface area contributed by atoms with Gasteiger partial charge >= 0.3 is 0 Å². The summed E-state index contributed by atoms with van der Waals surface area (Å²) in [5, 5.41) is 3.07. The van der Waals surface area contributed by atoms with Gasteiger partial charge in [-0.2, -0.15) is 0 Å². The molecule has 0 radical (unpaired) electrons. The Bertz CT molecular complexity index is 1830. The summed E-state index contributed by atoms with van der Waals surface area (Å²) in [5.41, 5.74) is 4.53. The van der Waals surface area contributed by atoms with Crippen molar-refractivity contribution in [2.45, 2.75) is 27.7 Å². The molecule has 0 saturated carbocycles. The molecule has 0 aliphatic rings. The van der Waals surface area contributed by atoms with Crippen LogP contribution in [0.3, 0.4) is 0 Å². The SMILES string of the molecule is Cc1ccc(-c2oc3cc(C)cc(C)c3c(=O)c2OCC(=O)Nc2c(C)n(C)n(-c3ccccc3)c2=O)cc1. The van der Waals surface area contributed by atoms with Gasteiger partial charge in [0.1, 0.15) is 11.3 Å². The highest BCUT2D eigenvalue weighted by atomic mass is 16.5. The number of fused-ring (bicyclic) bond motifs is 1. The van der Waals surface area contributed by atoms with Crippen LogP contribution in [0.4, 0.5) is 5.69 Å². The van der Waals surface area contributed by atoms with Crippen LogP contribution in [0.1, 0.15) is 22.4 Å². The second-order valence-electron chi connectivity index (χ2n) is 9.68. The van der Waals surface area contributed by atoms with Gasteiger partial charge in [0.15, 0.2) is 12.4 Å². The minimum atomic E-state index is -0.573. The second-order valence-corrected chi connectivity index (χ2v) is 9.68. The largest absolute Gasteiger partial charge is 0.476 e. The third-order valence-electron chi connectivity index (χ3n) is 6.78. The van der Waals surface area contributed by atoms with Crippen molar-refractivity contribution in [3.05, 3.63) is 110 Å². The maximum atomic E-state index is 13.6. The summed E-state index contributed by atoms with van der Waals surface area (Å²) in [4.78, 5) is 39.8. The van der Waals surface area contributed by atoms with Crippen molar-refractivity contribution >= 4 is 22.6 Å². The van der Waals surface area contributed by atoms with Crippen LogP contribution >= 0.6 is 0 Å². The number of ether oxygens (including phenoxy) is 1. The van der Waals surface area contributed by atoms with E-state index in [9.17, 15) is 14.4 Å². The van der Waals surface area contributed by atoms with Gasteiger partial charge < -0.3 is 14.5 Å². The fraction of sp³-hybridized carbons (Fsp3) is 0.194. The zero-order valence-corrected chi connectivity index (χ0v) is 22.5. The standard InChI is InChI=1S/C31H29N3O5/c1-18-11-13-22(14-12-18)29-30(28(36)26-20(3)15-19(2)16-24(26)39-29)38-17-25(35)32-27-21(4)33(5)34(31(27)37)23-9-7-6-8-10-23/h6-16H,17H2,1-5H3,(H,32,35). The number of aryl methyl sites for hydroxylation is 3. The number of carbonyl (C=O) groups excluding carboxylic acids is 1. The molecule has 8 nitrogen and oxygen atoms in total. The Kier molecular flexibility index (Phi) is 6.70. The summed E-state index contributed by atoms with van der Waals surface area (Å²) in [5.74, 6) is -0.386. The van der Waals surface area contributed by atoms with Gasteiger partial charge in [-0.3, -0.25) is 19.1 Å². The Labute approximate surface area is 225 Å². The van der Waals surface area contributed by atoms with E-state index in [2.05, 4.69) is 5.32 Å². The molecular weight excluding hydrogens is 494 g/mol. The Morgan fingerprint density at radius 1 is 0.923 bits per heavy atom. The molecule has 39 heavy (non-hydrogen) atoms. The van der Waals surface area contributed by atoms with Gasteiger partial charge in [0, 0.05) is 12.6 Å². The number of carbonyl (C=O) groups is 1. The summed E-state index contributed by atoms with van der Waals surface area (Å²) >= 11 is 0. The van der Waals surface area contributed by atoms with Crippen molar-refractivity contribution in [2.24, 2.45) is 7.05 Å². The number of benzene rings is 3. The lowest BCUT2D eigenvalue weighted by atomic mass is 10.0. The van der Waals surface area contributed by atoms with Crippen molar-refractivity contribution in [2.75, 3.05) is 11.9 Å². The number of rotatable bonds is 6. The number of amides is 1. The van der Waals surface area contributed by atoms with E-state index in [4.69, 9.17) is 9.15 Å². The van der Waals surface area contributed by atoms with E-state index in [0.29, 0.717) is 27.9 Å². The Balaban J connectivity index is 1.49. The highest BCUT2D eigenvalue weighted by molar-refractivity contribution is 5.92. The molecule has 0 aliphatic carbocycles. The van der Waals surface area contributed by atoms with E-state index >= 15 is 0 Å². The molecule has 2 aromatic heterocycles. The molecular formula is C31H29N3O5. The summed E-state index contributed by atoms with van der Waals surface area (Å²) in [6.07, 6.45) is 0. The minimum absolute atomic E-state index is 0.0556. The molecule has 0 bridgehead atoms. The molecule has 0 aliphatic heterocycles. The van der Waals surface area contributed by atoms with Crippen molar-refractivity contribution in [3.63, 3.8) is 0 Å². The molecule has 1 amide bonds. The molecule has 3 aromatic carbocycles. The molecule has 0 saturated heterocycles. The third kappa shape index (κ3) is 4.77. The lowest BCUT2D eigenvalue weighted by Crippen LogP contribution is -2.26. The summed E-state index contributed by atoms with van der Waals surface area (Å²) in [6.45, 7) is 7.00. The van der Waals surface area contributed by atoms with Crippen LogP contribution in [0.25, 0.3) is 28.0 Å². The molecule has 0 atom stereocenters. The predicted octanol–water partition coefficient (Wildman–Crippen LogP) is 5.20. The van der Waals surface area contributed by atoms with Gasteiger partial charge in [0.25, 0.3) is 11.5 Å². The molecule has 5 rings (SSSR count). The lowest BCUT2D eigenvalue weighted by molar-refractivity contribution is -0.118. The third-order valence-corrected chi connectivity index (χ3v) is 6.78. The van der Waals surface area contributed by atoms with Crippen LogP contribution in [0.5, 0.6) is 5.75 Å². The maximum Gasteiger partial charge on any atom is 0.295 e. The normalized spacial score (nSPS) is 11.1. The molecule has 2 heterocycles. The van der Waals surface area contributed by atoms with Crippen LogP contribution in [-0.4, -0.2) is 21.9 Å². The first kappa shape index (κ1) is 25.8. The van der Waals surface area contributed by atoms with Crippen molar-refractivity contribution in [1.82, 2.24) is 9.36 Å². The average molecular weight is 524 g/mol. The molecule has 8 heteroatoms. The topological polar surface area (TPSA) is 95.5 Å². The minimum Gasteiger partial charge on any atom is -0.476 e. The van der Waals surface area contributed by atoms with Crippen LogP contribution in [0.2, 0.25) is 0 Å². The van der Waals surface area contributed by atoms with Crippen molar-refractivity contribution in [1.29, 1.82) is 0 Å². The summed E-state index contributed by atoms with van der Waals surface area (Å²) in [6, 6.07) is 20.4. The zero-order valence-electron chi connectivity index (χ0n) is 22.5. The Hall–Kier alpha value is -4.85. The van der Waals surface area contributed by atoms with E-state index in [0.717, 1.165) is 16.7 Å². The summed E-state index contributed by atoms with van der Waals surface area (Å²) < 4.78 is 15.2. The second kappa shape index (κ2) is 10.1. The van der Waals surface area contributed by atoms with Gasteiger partial charge in [-0.1, -0.05) is 54.1 Å². The molecule has 0 unspecified atom stereocenters. The lowest BCUT2D eigenvalue weighted by Gasteiger charge is -2.13. The number of hydrogen-bond acceptors (Lipinski definition) is 5. The van der Waals surface area contributed by atoms with E-state index in [1.165, 1.54) is 4.68 Å². The monoisotopic (exact) mass is 523 g/mol. The van der Waals surface area contributed by atoms with E-state index < -0.39 is 12.5 Å². The van der Waals surface area contributed by atoms with Gasteiger partial charge in [-0.25, -0.2) is 4.68 Å². The van der Waals surface area contributed by atoms with Gasteiger partial charge in [-0.15, -0.1) is 0 Å². The molecule has 1 N–H and O–H groups in total. The average Bonchev–Trinajstić information content (AvgIpc) is 3.11.